The van der Waals surface area contributed by atoms with Crippen LogP contribution in [0.5, 0.6) is 5.75 Å². The van der Waals surface area contributed by atoms with Crippen molar-refractivity contribution in [3.63, 3.8) is 0 Å². The largest absolute Gasteiger partial charge is 0.497 e. The lowest BCUT2D eigenvalue weighted by atomic mass is 10.1. The van der Waals surface area contributed by atoms with Gasteiger partial charge in [0, 0.05) is 4.47 Å². The molecule has 1 heterocycles. The van der Waals surface area contributed by atoms with Crippen LogP contribution in [0.3, 0.4) is 0 Å². The minimum absolute atomic E-state index is 0.0881. The molecule has 0 aliphatic carbocycles. The average molecular weight is 474 g/mol. The van der Waals surface area contributed by atoms with Crippen molar-refractivity contribution in [2.24, 2.45) is 10.2 Å². The molecule has 3 rings (SSSR count). The van der Waals surface area contributed by atoms with Crippen LogP contribution >= 0.6 is 27.7 Å². The molecule has 1 atom stereocenters. The van der Waals surface area contributed by atoms with E-state index < -0.39 is 0 Å². The standard InChI is InChI=1S/C22H24BrN3O2S/c1-3-4-5-20-21(27)26(15-17-8-12-19(28-2)13-9-17)22(29-20)25-24-14-16-6-10-18(23)11-7-16/h6-14,20H,3-5,15H2,1-2H3/b24-14-,25-22+/t20-/m1/s1. The van der Waals surface area contributed by atoms with Crippen LogP contribution in [0.25, 0.3) is 0 Å². The molecule has 0 unspecified atom stereocenters. The summed E-state index contributed by atoms with van der Waals surface area (Å²) in [5, 5.41) is 9.18. The van der Waals surface area contributed by atoms with E-state index >= 15 is 0 Å². The first kappa shape index (κ1) is 21.6. The number of halogens is 1. The quantitative estimate of drug-likeness (QED) is 0.376. The van der Waals surface area contributed by atoms with E-state index in [0.717, 1.165) is 40.6 Å². The third kappa shape index (κ3) is 5.93. The van der Waals surface area contributed by atoms with Crippen LogP contribution in [0.15, 0.2) is 63.2 Å². The van der Waals surface area contributed by atoms with Crippen molar-refractivity contribution in [2.45, 2.75) is 38.0 Å². The van der Waals surface area contributed by atoms with Gasteiger partial charge in [0.1, 0.15) is 5.75 Å². The normalized spacial score (nSPS) is 18.2. The molecule has 7 heteroatoms. The van der Waals surface area contributed by atoms with Crippen LogP contribution in [0.2, 0.25) is 0 Å². The monoisotopic (exact) mass is 473 g/mol. The van der Waals surface area contributed by atoms with Crippen LogP contribution in [0.4, 0.5) is 0 Å². The molecule has 2 aromatic rings. The van der Waals surface area contributed by atoms with Gasteiger partial charge in [0.25, 0.3) is 0 Å². The molecule has 1 fully saturated rings. The summed E-state index contributed by atoms with van der Waals surface area (Å²) in [6, 6.07) is 15.6. The van der Waals surface area contributed by atoms with E-state index in [1.807, 2.05) is 48.5 Å². The average Bonchev–Trinajstić information content (AvgIpc) is 3.03. The maximum absolute atomic E-state index is 13.0. The van der Waals surface area contributed by atoms with Gasteiger partial charge in [0.2, 0.25) is 5.91 Å². The van der Waals surface area contributed by atoms with Gasteiger partial charge in [0.15, 0.2) is 5.17 Å². The van der Waals surface area contributed by atoms with Crippen LogP contribution < -0.4 is 4.74 Å². The molecule has 0 N–H and O–H groups in total. The fourth-order valence-corrected chi connectivity index (χ4v) is 4.32. The lowest BCUT2D eigenvalue weighted by molar-refractivity contribution is -0.126. The van der Waals surface area contributed by atoms with Crippen molar-refractivity contribution in [3.8, 4) is 5.75 Å². The summed E-state index contributed by atoms with van der Waals surface area (Å²) in [7, 11) is 1.64. The lowest BCUT2D eigenvalue weighted by Crippen LogP contribution is -2.31. The highest BCUT2D eigenvalue weighted by Crippen LogP contribution is 2.32. The maximum atomic E-state index is 13.0. The molecule has 1 aliphatic rings. The summed E-state index contributed by atoms with van der Waals surface area (Å²) in [4.78, 5) is 14.7. The Bertz CT molecular complexity index is 882. The maximum Gasteiger partial charge on any atom is 0.242 e. The first-order chi connectivity index (χ1) is 14.1. The molecule has 1 amide bonds. The molecule has 0 spiro atoms. The smallest absolute Gasteiger partial charge is 0.242 e. The van der Waals surface area contributed by atoms with Gasteiger partial charge in [-0.1, -0.05) is 71.7 Å². The number of carbonyl (C=O) groups excluding carboxylic acids is 1. The Morgan fingerprint density at radius 3 is 2.55 bits per heavy atom. The minimum atomic E-state index is -0.0881. The summed E-state index contributed by atoms with van der Waals surface area (Å²) >= 11 is 4.93. The van der Waals surface area contributed by atoms with Gasteiger partial charge >= 0.3 is 0 Å². The lowest BCUT2D eigenvalue weighted by Gasteiger charge is -2.16. The fraction of sp³-hybridized carbons (Fsp3) is 0.318. The fourth-order valence-electron chi connectivity index (χ4n) is 2.91. The van der Waals surface area contributed by atoms with E-state index in [0.29, 0.717) is 11.7 Å². The molecule has 5 nitrogen and oxygen atoms in total. The summed E-state index contributed by atoms with van der Waals surface area (Å²) in [5.74, 6) is 0.904. The Balaban J connectivity index is 1.78. The number of ether oxygens (including phenoxy) is 1. The second kappa shape index (κ2) is 10.6. The van der Waals surface area contributed by atoms with Gasteiger partial charge in [-0.25, -0.2) is 0 Å². The Hall–Kier alpha value is -2.12. The number of thioether (sulfide) groups is 1. The number of benzene rings is 2. The summed E-state index contributed by atoms with van der Waals surface area (Å²) < 4.78 is 6.23. The number of amidine groups is 1. The van der Waals surface area contributed by atoms with Crippen molar-refractivity contribution in [2.75, 3.05) is 7.11 Å². The SMILES string of the molecule is CCCC[C@H]1S/C(=N/N=C\c2ccc(Br)cc2)N(Cc2ccc(OC)cc2)C1=O. The van der Waals surface area contributed by atoms with Crippen molar-refractivity contribution >= 4 is 45.0 Å². The summed E-state index contributed by atoms with van der Waals surface area (Å²) in [5.41, 5.74) is 1.98. The van der Waals surface area contributed by atoms with Gasteiger partial charge in [-0.05, 0) is 41.8 Å². The topological polar surface area (TPSA) is 54.3 Å². The van der Waals surface area contributed by atoms with Crippen molar-refractivity contribution in [3.05, 3.63) is 64.1 Å². The van der Waals surface area contributed by atoms with E-state index in [2.05, 4.69) is 33.1 Å². The summed E-state index contributed by atoms with van der Waals surface area (Å²) in [6.07, 6.45) is 4.65. The number of hydrogen-bond acceptors (Lipinski definition) is 5. The molecule has 29 heavy (non-hydrogen) atoms. The van der Waals surface area contributed by atoms with Crippen LogP contribution in [0.1, 0.15) is 37.3 Å². The van der Waals surface area contributed by atoms with Gasteiger partial charge in [-0.3, -0.25) is 9.69 Å². The zero-order valence-corrected chi connectivity index (χ0v) is 18.9. The zero-order chi connectivity index (χ0) is 20.6. The van der Waals surface area contributed by atoms with Gasteiger partial charge < -0.3 is 4.74 Å². The molecule has 0 radical (unpaired) electrons. The van der Waals surface area contributed by atoms with Crippen molar-refractivity contribution < 1.29 is 9.53 Å². The molecule has 1 aliphatic heterocycles. The third-order valence-corrected chi connectivity index (χ3v) is 6.32. The van der Waals surface area contributed by atoms with E-state index in [1.165, 1.54) is 11.8 Å². The summed E-state index contributed by atoms with van der Waals surface area (Å²) in [6.45, 7) is 2.61. The number of rotatable bonds is 8. The second-order valence-electron chi connectivity index (χ2n) is 6.70. The van der Waals surface area contributed by atoms with Gasteiger partial charge in [-0.2, -0.15) is 5.10 Å². The highest BCUT2D eigenvalue weighted by molar-refractivity contribution is 9.10. The first-order valence-corrected chi connectivity index (χ1v) is 11.3. The van der Waals surface area contributed by atoms with E-state index in [4.69, 9.17) is 4.74 Å². The molecule has 0 saturated carbocycles. The van der Waals surface area contributed by atoms with E-state index in [9.17, 15) is 4.79 Å². The molecule has 1 saturated heterocycles. The minimum Gasteiger partial charge on any atom is -0.497 e. The van der Waals surface area contributed by atoms with Crippen LogP contribution in [0, 0.1) is 0 Å². The Kier molecular flexibility index (Phi) is 7.89. The molecular formula is C22H24BrN3O2S. The number of unbranched alkanes of at least 4 members (excludes halogenated alkanes) is 1. The third-order valence-electron chi connectivity index (χ3n) is 4.56. The number of amides is 1. The Morgan fingerprint density at radius 1 is 1.17 bits per heavy atom. The zero-order valence-electron chi connectivity index (χ0n) is 16.5. The predicted octanol–water partition coefficient (Wildman–Crippen LogP) is 5.48. The first-order valence-electron chi connectivity index (χ1n) is 9.58. The Morgan fingerprint density at radius 2 is 1.90 bits per heavy atom. The molecule has 2 aromatic carbocycles. The molecular weight excluding hydrogens is 450 g/mol. The number of nitrogens with zero attached hydrogens (tertiary/aromatic N) is 3. The van der Waals surface area contributed by atoms with Gasteiger partial charge in [0.05, 0.1) is 25.1 Å². The van der Waals surface area contributed by atoms with Crippen molar-refractivity contribution in [1.29, 1.82) is 0 Å². The Labute approximate surface area is 184 Å². The van der Waals surface area contributed by atoms with Crippen LogP contribution in [-0.4, -0.2) is 34.5 Å². The highest BCUT2D eigenvalue weighted by Gasteiger charge is 2.37. The second-order valence-corrected chi connectivity index (χ2v) is 8.79. The van der Waals surface area contributed by atoms with Crippen LogP contribution in [-0.2, 0) is 11.3 Å². The molecule has 152 valence electrons. The van der Waals surface area contributed by atoms with Gasteiger partial charge in [-0.15, -0.1) is 5.10 Å². The number of carbonyl (C=O) groups is 1. The van der Waals surface area contributed by atoms with E-state index in [1.54, 1.807) is 18.2 Å². The van der Waals surface area contributed by atoms with E-state index in [-0.39, 0.29) is 11.2 Å². The highest BCUT2D eigenvalue weighted by atomic mass is 79.9. The molecule has 0 aromatic heterocycles. The van der Waals surface area contributed by atoms with Crippen molar-refractivity contribution in [1.82, 2.24) is 4.90 Å². The molecule has 0 bridgehead atoms. The number of methoxy groups -OCH3 is 1. The number of hydrogen-bond donors (Lipinski definition) is 0. The predicted molar refractivity (Wildman–Crippen MR) is 124 cm³/mol.